The number of amides is 1. The molecule has 0 fully saturated rings. The normalized spacial score (nSPS) is 11.5. The summed E-state index contributed by atoms with van der Waals surface area (Å²) < 4.78 is 0. The van der Waals surface area contributed by atoms with Crippen LogP contribution in [0.4, 0.5) is 0 Å². The van der Waals surface area contributed by atoms with Crippen LogP contribution in [0.3, 0.4) is 0 Å². The number of pyridine rings is 1. The minimum Gasteiger partial charge on any atom is -0.505 e. The summed E-state index contributed by atoms with van der Waals surface area (Å²) in [5.41, 5.74) is 0.124. The zero-order valence-corrected chi connectivity index (χ0v) is 8.27. The monoisotopic (exact) mass is 205 g/mol. The Morgan fingerprint density at radius 1 is 1.80 bits per heavy atom. The van der Waals surface area contributed by atoms with Gasteiger partial charge in [0.1, 0.15) is 11.8 Å². The maximum atomic E-state index is 11.5. The molecule has 1 aromatic rings. The van der Waals surface area contributed by atoms with Crippen molar-refractivity contribution in [3.05, 3.63) is 24.0 Å². The number of nitrogens with one attached hydrogen (secondary N) is 1. The molecule has 0 radical (unpaired) electrons. The maximum Gasteiger partial charge on any atom is 0.256 e. The van der Waals surface area contributed by atoms with E-state index < -0.39 is 11.9 Å². The molecule has 1 unspecified atom stereocenters. The predicted octanol–water partition coefficient (Wildman–Crippen LogP) is 0.819. The van der Waals surface area contributed by atoms with Crippen LogP contribution in [0.5, 0.6) is 5.75 Å². The van der Waals surface area contributed by atoms with Gasteiger partial charge in [0.05, 0.1) is 17.8 Å². The van der Waals surface area contributed by atoms with E-state index in [-0.39, 0.29) is 11.3 Å². The number of rotatable bonds is 3. The van der Waals surface area contributed by atoms with Crippen LogP contribution in [-0.4, -0.2) is 22.0 Å². The van der Waals surface area contributed by atoms with Crippen molar-refractivity contribution in [3.8, 4) is 11.8 Å². The Morgan fingerprint density at radius 2 is 2.53 bits per heavy atom. The lowest BCUT2D eigenvalue weighted by atomic mass is 10.2. The van der Waals surface area contributed by atoms with E-state index in [1.54, 1.807) is 6.92 Å². The van der Waals surface area contributed by atoms with Crippen LogP contribution >= 0.6 is 0 Å². The van der Waals surface area contributed by atoms with Gasteiger partial charge in [-0.1, -0.05) is 6.92 Å². The van der Waals surface area contributed by atoms with Crippen molar-refractivity contribution in [1.29, 1.82) is 5.26 Å². The molecule has 0 saturated carbocycles. The average Bonchev–Trinajstić information content (AvgIpc) is 2.26. The molecule has 5 heteroatoms. The number of carbonyl (C=O) groups is 1. The van der Waals surface area contributed by atoms with E-state index in [1.165, 1.54) is 18.5 Å². The highest BCUT2D eigenvalue weighted by molar-refractivity contribution is 5.96. The van der Waals surface area contributed by atoms with Crippen molar-refractivity contribution in [2.24, 2.45) is 0 Å². The third kappa shape index (κ3) is 2.68. The molecule has 78 valence electrons. The summed E-state index contributed by atoms with van der Waals surface area (Å²) in [7, 11) is 0. The Morgan fingerprint density at radius 3 is 3.07 bits per heavy atom. The summed E-state index contributed by atoms with van der Waals surface area (Å²) >= 11 is 0. The molecule has 0 aromatic carbocycles. The molecule has 5 nitrogen and oxygen atoms in total. The van der Waals surface area contributed by atoms with E-state index in [9.17, 15) is 9.90 Å². The predicted molar refractivity (Wildman–Crippen MR) is 53.1 cm³/mol. The fraction of sp³-hybridized carbons (Fsp3) is 0.300. The molecule has 1 amide bonds. The number of aromatic hydroxyl groups is 1. The van der Waals surface area contributed by atoms with E-state index in [2.05, 4.69) is 10.3 Å². The Balaban J connectivity index is 2.79. The standard InChI is InChI=1S/C10H11N3O2/c1-2-7(5-11)13-10(15)8-3-4-12-6-9(8)14/h3-4,6-7,14H,2H2,1H3,(H,13,15). The van der Waals surface area contributed by atoms with Gasteiger partial charge >= 0.3 is 0 Å². The van der Waals surface area contributed by atoms with E-state index in [4.69, 9.17) is 5.26 Å². The molecule has 1 rings (SSSR count). The Labute approximate surface area is 87.4 Å². The second-order valence-corrected chi connectivity index (χ2v) is 2.96. The van der Waals surface area contributed by atoms with Crippen LogP contribution in [0.2, 0.25) is 0 Å². The van der Waals surface area contributed by atoms with Crippen molar-refractivity contribution >= 4 is 5.91 Å². The fourth-order valence-electron chi connectivity index (χ4n) is 1.04. The quantitative estimate of drug-likeness (QED) is 0.764. The number of hydrogen-bond donors (Lipinski definition) is 2. The van der Waals surface area contributed by atoms with Crippen molar-refractivity contribution in [1.82, 2.24) is 10.3 Å². The second-order valence-electron chi connectivity index (χ2n) is 2.96. The Hall–Kier alpha value is -2.09. The summed E-state index contributed by atoms with van der Waals surface area (Å²) in [6, 6.07) is 2.80. The first-order chi connectivity index (χ1) is 7.19. The smallest absolute Gasteiger partial charge is 0.256 e. The van der Waals surface area contributed by atoms with Gasteiger partial charge in [0, 0.05) is 6.20 Å². The third-order valence-corrected chi connectivity index (χ3v) is 1.91. The van der Waals surface area contributed by atoms with Gasteiger partial charge < -0.3 is 10.4 Å². The van der Waals surface area contributed by atoms with Gasteiger partial charge in [-0.2, -0.15) is 5.26 Å². The molecule has 1 aromatic heterocycles. The third-order valence-electron chi connectivity index (χ3n) is 1.91. The molecule has 0 saturated heterocycles. The molecule has 0 aliphatic rings. The van der Waals surface area contributed by atoms with Crippen molar-refractivity contribution < 1.29 is 9.90 Å². The average molecular weight is 205 g/mol. The molecule has 0 bridgehead atoms. The molecule has 2 N–H and O–H groups in total. The van der Waals surface area contributed by atoms with Crippen LogP contribution in [0.1, 0.15) is 23.7 Å². The molecule has 1 atom stereocenters. The lowest BCUT2D eigenvalue weighted by molar-refractivity contribution is 0.0942. The van der Waals surface area contributed by atoms with Gasteiger partial charge in [-0.25, -0.2) is 0 Å². The zero-order chi connectivity index (χ0) is 11.3. The van der Waals surface area contributed by atoms with E-state index >= 15 is 0 Å². The van der Waals surface area contributed by atoms with Crippen LogP contribution in [0.15, 0.2) is 18.5 Å². The van der Waals surface area contributed by atoms with Gasteiger partial charge in [-0.15, -0.1) is 0 Å². The summed E-state index contributed by atoms with van der Waals surface area (Å²) in [4.78, 5) is 15.2. The molecular weight excluding hydrogens is 194 g/mol. The summed E-state index contributed by atoms with van der Waals surface area (Å²) in [5, 5.41) is 20.5. The number of nitrogens with zero attached hydrogens (tertiary/aromatic N) is 2. The number of aromatic nitrogens is 1. The van der Waals surface area contributed by atoms with Crippen molar-refractivity contribution in [3.63, 3.8) is 0 Å². The first kappa shape index (κ1) is 11.0. The summed E-state index contributed by atoms with van der Waals surface area (Å²) in [5.74, 6) is -0.661. The van der Waals surface area contributed by atoms with E-state index in [1.807, 2.05) is 6.07 Å². The van der Waals surface area contributed by atoms with Gasteiger partial charge in [0.25, 0.3) is 5.91 Å². The highest BCUT2D eigenvalue weighted by atomic mass is 16.3. The molecule has 0 aliphatic heterocycles. The Bertz CT molecular complexity index is 398. The van der Waals surface area contributed by atoms with Crippen LogP contribution in [0, 0.1) is 11.3 Å². The molecule has 0 aliphatic carbocycles. The first-order valence-electron chi connectivity index (χ1n) is 4.52. The van der Waals surface area contributed by atoms with Gasteiger partial charge in [-0.3, -0.25) is 9.78 Å². The second kappa shape index (κ2) is 4.96. The summed E-state index contributed by atoms with van der Waals surface area (Å²) in [6.45, 7) is 1.79. The number of carbonyl (C=O) groups excluding carboxylic acids is 1. The molecule has 1 heterocycles. The maximum absolute atomic E-state index is 11.5. The SMILES string of the molecule is CCC(C#N)NC(=O)c1ccncc1O. The Kier molecular flexibility index (Phi) is 3.63. The lowest BCUT2D eigenvalue weighted by Crippen LogP contribution is -2.33. The first-order valence-corrected chi connectivity index (χ1v) is 4.52. The minimum absolute atomic E-state index is 0.124. The molecular formula is C10H11N3O2. The molecule has 15 heavy (non-hydrogen) atoms. The fourth-order valence-corrected chi connectivity index (χ4v) is 1.04. The highest BCUT2D eigenvalue weighted by Crippen LogP contribution is 2.13. The van der Waals surface area contributed by atoms with Crippen molar-refractivity contribution in [2.75, 3.05) is 0 Å². The van der Waals surface area contributed by atoms with E-state index in [0.29, 0.717) is 6.42 Å². The lowest BCUT2D eigenvalue weighted by Gasteiger charge is -2.09. The topological polar surface area (TPSA) is 86.0 Å². The van der Waals surface area contributed by atoms with Gasteiger partial charge in [-0.05, 0) is 12.5 Å². The molecule has 0 spiro atoms. The summed E-state index contributed by atoms with van der Waals surface area (Å²) in [6.07, 6.45) is 3.11. The van der Waals surface area contributed by atoms with Gasteiger partial charge in [0.15, 0.2) is 0 Å². The minimum atomic E-state index is -0.537. The van der Waals surface area contributed by atoms with Gasteiger partial charge in [0.2, 0.25) is 0 Å². The van der Waals surface area contributed by atoms with Crippen LogP contribution in [-0.2, 0) is 0 Å². The van der Waals surface area contributed by atoms with Crippen LogP contribution in [0.25, 0.3) is 0 Å². The largest absolute Gasteiger partial charge is 0.505 e. The number of hydrogen-bond acceptors (Lipinski definition) is 4. The highest BCUT2D eigenvalue weighted by Gasteiger charge is 2.14. The number of nitriles is 1. The van der Waals surface area contributed by atoms with Crippen molar-refractivity contribution in [2.45, 2.75) is 19.4 Å². The van der Waals surface area contributed by atoms with Crippen LogP contribution < -0.4 is 5.32 Å². The van der Waals surface area contributed by atoms with E-state index in [0.717, 1.165) is 0 Å². The zero-order valence-electron chi connectivity index (χ0n) is 8.27.